The van der Waals surface area contributed by atoms with Crippen LogP contribution in [0.5, 0.6) is 11.5 Å². The van der Waals surface area contributed by atoms with Crippen molar-refractivity contribution in [1.29, 1.82) is 0 Å². The first-order chi connectivity index (χ1) is 14.6. The second-order valence-corrected chi connectivity index (χ2v) is 7.83. The molecular weight excluding hydrogens is 515 g/mol. The van der Waals surface area contributed by atoms with Crippen LogP contribution in [0.1, 0.15) is 28.4 Å². The maximum absolute atomic E-state index is 12.2. The quantitative estimate of drug-likeness (QED) is 0.230. The largest absolute Gasteiger partial charge is 0.490 e. The Hall–Kier alpha value is -2.58. The molecule has 30 heavy (non-hydrogen) atoms. The van der Waals surface area contributed by atoms with Crippen LogP contribution >= 0.6 is 34.2 Å². The zero-order valence-corrected chi connectivity index (χ0v) is 19.2. The second-order valence-electron chi connectivity index (χ2n) is 6.23. The van der Waals surface area contributed by atoms with E-state index in [1.807, 2.05) is 67.6 Å². The zero-order chi connectivity index (χ0) is 21.3. The Kier molecular flexibility index (Phi) is 8.10. The van der Waals surface area contributed by atoms with Gasteiger partial charge in [-0.2, -0.15) is 5.10 Å². The van der Waals surface area contributed by atoms with Gasteiger partial charge in [0.2, 0.25) is 0 Å². The SMILES string of the molecule is CCOc1cc(C=NNC(=O)c2ccccc2I)ccc1OCc1ccc(Cl)cc1. The van der Waals surface area contributed by atoms with Crippen LogP contribution in [0.4, 0.5) is 0 Å². The number of halogens is 2. The molecule has 0 bridgehead atoms. The maximum atomic E-state index is 12.2. The molecule has 154 valence electrons. The lowest BCUT2D eigenvalue weighted by Gasteiger charge is -2.12. The van der Waals surface area contributed by atoms with Crippen LogP contribution < -0.4 is 14.9 Å². The van der Waals surface area contributed by atoms with E-state index in [0.717, 1.165) is 14.7 Å². The van der Waals surface area contributed by atoms with Gasteiger partial charge in [-0.15, -0.1) is 0 Å². The summed E-state index contributed by atoms with van der Waals surface area (Å²) in [5, 5.41) is 4.74. The lowest BCUT2D eigenvalue weighted by Crippen LogP contribution is -2.18. The highest BCUT2D eigenvalue weighted by Gasteiger charge is 2.09. The normalized spacial score (nSPS) is 10.8. The van der Waals surface area contributed by atoms with Gasteiger partial charge < -0.3 is 9.47 Å². The van der Waals surface area contributed by atoms with Gasteiger partial charge in [0, 0.05) is 8.59 Å². The van der Waals surface area contributed by atoms with Crippen molar-refractivity contribution in [1.82, 2.24) is 5.43 Å². The number of amides is 1. The molecule has 0 unspecified atom stereocenters. The van der Waals surface area contributed by atoms with Gasteiger partial charge >= 0.3 is 0 Å². The zero-order valence-electron chi connectivity index (χ0n) is 16.3. The Labute approximate surface area is 194 Å². The van der Waals surface area contributed by atoms with Crippen molar-refractivity contribution >= 4 is 46.3 Å². The highest BCUT2D eigenvalue weighted by atomic mass is 127. The Morgan fingerprint density at radius 1 is 1.07 bits per heavy atom. The Morgan fingerprint density at radius 3 is 2.57 bits per heavy atom. The monoisotopic (exact) mass is 534 g/mol. The first-order valence-corrected chi connectivity index (χ1v) is 10.7. The average molecular weight is 535 g/mol. The van der Waals surface area contributed by atoms with Crippen LogP contribution in [0.3, 0.4) is 0 Å². The van der Waals surface area contributed by atoms with Gasteiger partial charge in [-0.25, -0.2) is 5.43 Å². The molecule has 0 saturated carbocycles. The molecule has 0 saturated heterocycles. The molecular formula is C23H20ClIN2O3. The summed E-state index contributed by atoms with van der Waals surface area (Å²) in [4.78, 5) is 12.2. The van der Waals surface area contributed by atoms with Gasteiger partial charge in [0.05, 0.1) is 18.4 Å². The van der Waals surface area contributed by atoms with E-state index in [9.17, 15) is 4.79 Å². The van der Waals surface area contributed by atoms with E-state index in [-0.39, 0.29) is 5.91 Å². The third-order valence-corrected chi connectivity index (χ3v) is 5.27. The van der Waals surface area contributed by atoms with Crippen LogP contribution in [0.25, 0.3) is 0 Å². The molecule has 0 aliphatic heterocycles. The summed E-state index contributed by atoms with van der Waals surface area (Å²) in [5.41, 5.74) is 4.91. The number of benzene rings is 3. The fraction of sp³-hybridized carbons (Fsp3) is 0.130. The van der Waals surface area contributed by atoms with Crippen molar-refractivity contribution in [2.24, 2.45) is 5.10 Å². The van der Waals surface area contributed by atoms with Gasteiger partial charge in [0.1, 0.15) is 6.61 Å². The summed E-state index contributed by atoms with van der Waals surface area (Å²) in [5.74, 6) is 0.982. The van der Waals surface area contributed by atoms with E-state index in [1.54, 1.807) is 12.3 Å². The third kappa shape index (κ3) is 6.21. The van der Waals surface area contributed by atoms with E-state index >= 15 is 0 Å². The van der Waals surface area contributed by atoms with Gasteiger partial charge in [0.25, 0.3) is 5.91 Å². The number of hydrazone groups is 1. The molecule has 0 radical (unpaired) electrons. The standard InChI is InChI=1S/C23H20ClIN2O3/c1-2-29-22-13-17(14-26-27-23(28)19-5-3-4-6-20(19)25)9-12-21(22)30-15-16-7-10-18(24)11-8-16/h3-14H,2,15H2,1H3,(H,27,28). The average Bonchev–Trinajstić information content (AvgIpc) is 2.75. The molecule has 0 spiro atoms. The molecule has 0 aromatic heterocycles. The number of rotatable bonds is 8. The molecule has 3 aromatic rings. The van der Waals surface area contributed by atoms with Crippen molar-refractivity contribution in [2.75, 3.05) is 6.61 Å². The molecule has 0 aliphatic rings. The molecule has 5 nitrogen and oxygen atoms in total. The summed E-state index contributed by atoms with van der Waals surface area (Å²) >= 11 is 8.04. The van der Waals surface area contributed by atoms with E-state index < -0.39 is 0 Å². The van der Waals surface area contributed by atoms with Gasteiger partial charge in [-0.3, -0.25) is 4.79 Å². The molecule has 0 atom stereocenters. The van der Waals surface area contributed by atoms with Crippen molar-refractivity contribution in [2.45, 2.75) is 13.5 Å². The summed E-state index contributed by atoms with van der Waals surface area (Å²) in [6, 6.07) is 20.3. The Bertz CT molecular complexity index is 1040. The molecule has 3 aromatic carbocycles. The second kappa shape index (κ2) is 11.0. The van der Waals surface area contributed by atoms with Gasteiger partial charge in [-0.05, 0) is 83.1 Å². The molecule has 0 aliphatic carbocycles. The number of ether oxygens (including phenoxy) is 2. The van der Waals surface area contributed by atoms with Crippen molar-refractivity contribution in [3.8, 4) is 11.5 Å². The highest BCUT2D eigenvalue weighted by molar-refractivity contribution is 14.1. The van der Waals surface area contributed by atoms with E-state index in [1.165, 1.54) is 0 Å². The molecule has 7 heteroatoms. The summed E-state index contributed by atoms with van der Waals surface area (Å²) in [6.45, 7) is 2.81. The smallest absolute Gasteiger partial charge is 0.272 e. The van der Waals surface area contributed by atoms with Crippen molar-refractivity contribution in [3.05, 3.63) is 92.0 Å². The minimum atomic E-state index is -0.260. The van der Waals surface area contributed by atoms with Crippen LogP contribution in [-0.4, -0.2) is 18.7 Å². The minimum absolute atomic E-state index is 0.260. The Balaban J connectivity index is 1.66. The van der Waals surface area contributed by atoms with E-state index in [4.69, 9.17) is 21.1 Å². The number of hydrogen-bond acceptors (Lipinski definition) is 4. The van der Waals surface area contributed by atoms with E-state index in [2.05, 4.69) is 33.1 Å². The van der Waals surface area contributed by atoms with Crippen LogP contribution in [0, 0.1) is 3.57 Å². The van der Waals surface area contributed by atoms with Gasteiger partial charge in [0.15, 0.2) is 11.5 Å². The predicted octanol–water partition coefficient (Wildman–Crippen LogP) is 5.69. The molecule has 1 amide bonds. The third-order valence-electron chi connectivity index (χ3n) is 4.07. The Morgan fingerprint density at radius 2 is 1.83 bits per heavy atom. The lowest BCUT2D eigenvalue weighted by molar-refractivity contribution is 0.0954. The maximum Gasteiger partial charge on any atom is 0.272 e. The van der Waals surface area contributed by atoms with Crippen LogP contribution in [0.15, 0.2) is 71.8 Å². The molecule has 3 rings (SSSR count). The fourth-order valence-corrected chi connectivity index (χ4v) is 3.36. The summed E-state index contributed by atoms with van der Waals surface area (Å²) < 4.78 is 12.5. The van der Waals surface area contributed by atoms with E-state index in [0.29, 0.717) is 35.3 Å². The lowest BCUT2D eigenvalue weighted by atomic mass is 10.2. The fourth-order valence-electron chi connectivity index (χ4n) is 2.61. The van der Waals surface area contributed by atoms with Crippen molar-refractivity contribution in [3.63, 3.8) is 0 Å². The number of carbonyl (C=O) groups is 1. The van der Waals surface area contributed by atoms with Crippen LogP contribution in [-0.2, 0) is 6.61 Å². The number of carbonyl (C=O) groups excluding carboxylic acids is 1. The molecule has 0 heterocycles. The summed E-state index contributed by atoms with van der Waals surface area (Å²) in [7, 11) is 0. The highest BCUT2D eigenvalue weighted by Crippen LogP contribution is 2.29. The first-order valence-electron chi connectivity index (χ1n) is 9.29. The predicted molar refractivity (Wildman–Crippen MR) is 128 cm³/mol. The topological polar surface area (TPSA) is 59.9 Å². The molecule has 0 fully saturated rings. The van der Waals surface area contributed by atoms with Crippen LogP contribution in [0.2, 0.25) is 5.02 Å². The van der Waals surface area contributed by atoms with Crippen molar-refractivity contribution < 1.29 is 14.3 Å². The first kappa shape index (κ1) is 22.1. The number of nitrogens with one attached hydrogen (secondary N) is 1. The number of hydrogen-bond donors (Lipinski definition) is 1. The van der Waals surface area contributed by atoms with Gasteiger partial charge in [-0.1, -0.05) is 35.9 Å². The minimum Gasteiger partial charge on any atom is -0.490 e. The number of nitrogens with zero attached hydrogens (tertiary/aromatic N) is 1. The summed E-state index contributed by atoms with van der Waals surface area (Å²) in [6.07, 6.45) is 1.57. The molecule has 1 N–H and O–H groups in total.